The average Bonchev–Trinajstić information content (AvgIpc) is 3.35. The summed E-state index contributed by atoms with van der Waals surface area (Å²) in [6.07, 6.45) is 1.90. The predicted molar refractivity (Wildman–Crippen MR) is 147 cm³/mol. The van der Waals surface area contributed by atoms with Crippen LogP contribution in [-0.4, -0.2) is 71.5 Å². The van der Waals surface area contributed by atoms with Gasteiger partial charge in [0, 0.05) is 43.9 Å². The second-order valence-corrected chi connectivity index (χ2v) is 10.2. The summed E-state index contributed by atoms with van der Waals surface area (Å²) in [4.78, 5) is 35.5. The number of aromatic carboxylic acids is 1. The van der Waals surface area contributed by atoms with E-state index in [1.165, 1.54) is 6.20 Å². The summed E-state index contributed by atoms with van der Waals surface area (Å²) < 4.78 is 11.9. The molecule has 198 valence electrons. The van der Waals surface area contributed by atoms with Gasteiger partial charge >= 0.3 is 5.97 Å². The Balaban J connectivity index is 1.51. The largest absolute Gasteiger partial charge is 0.478 e. The maximum Gasteiger partial charge on any atom is 0.339 e. The van der Waals surface area contributed by atoms with Crippen molar-refractivity contribution in [1.29, 1.82) is 0 Å². The van der Waals surface area contributed by atoms with Crippen molar-refractivity contribution >= 4 is 39.3 Å². The van der Waals surface area contributed by atoms with Gasteiger partial charge in [0.2, 0.25) is 5.95 Å². The number of carboxylic acid groups (broad SMARTS) is 1. The van der Waals surface area contributed by atoms with Crippen LogP contribution < -0.4 is 9.80 Å². The van der Waals surface area contributed by atoms with E-state index >= 15 is 0 Å². The van der Waals surface area contributed by atoms with E-state index < -0.39 is 5.97 Å². The zero-order valence-corrected chi connectivity index (χ0v) is 22.5. The van der Waals surface area contributed by atoms with Gasteiger partial charge in [-0.1, -0.05) is 25.1 Å². The summed E-state index contributed by atoms with van der Waals surface area (Å²) in [7, 11) is 3.59. The molecule has 0 saturated carbocycles. The number of morpholine rings is 1. The second kappa shape index (κ2) is 11.4. The fourth-order valence-electron chi connectivity index (χ4n) is 4.47. The molecule has 1 aromatic carbocycles. The summed E-state index contributed by atoms with van der Waals surface area (Å²) in [5.74, 6) is 1.06. The molecule has 5 rings (SSSR count). The van der Waals surface area contributed by atoms with Gasteiger partial charge < -0.3 is 24.4 Å². The maximum atomic E-state index is 11.5. The fraction of sp³-hybridized carbons (Fsp3) is 0.370. The Labute approximate surface area is 224 Å². The first kappa shape index (κ1) is 26.0. The Morgan fingerprint density at radius 3 is 2.76 bits per heavy atom. The number of carbonyl (C=O) groups is 1. The Kier molecular flexibility index (Phi) is 7.77. The molecule has 11 heteroatoms. The van der Waals surface area contributed by atoms with E-state index in [1.54, 1.807) is 18.4 Å². The molecule has 0 bridgehead atoms. The Morgan fingerprint density at radius 1 is 1.21 bits per heavy atom. The molecule has 1 aliphatic rings. The molecular weight excluding hydrogens is 504 g/mol. The smallest absolute Gasteiger partial charge is 0.339 e. The molecule has 0 radical (unpaired) electrons. The van der Waals surface area contributed by atoms with Crippen LogP contribution in [0.3, 0.4) is 0 Å². The number of nitrogens with zero attached hydrogens (tertiary/aromatic N) is 6. The van der Waals surface area contributed by atoms with Crippen molar-refractivity contribution in [3.05, 3.63) is 58.2 Å². The van der Waals surface area contributed by atoms with Gasteiger partial charge in [-0.15, -0.1) is 11.3 Å². The lowest BCUT2D eigenvalue weighted by Gasteiger charge is -2.28. The lowest BCUT2D eigenvalue weighted by molar-refractivity contribution is 0.0694. The van der Waals surface area contributed by atoms with E-state index in [-0.39, 0.29) is 5.56 Å². The molecule has 0 atom stereocenters. The molecule has 0 amide bonds. The lowest BCUT2D eigenvalue weighted by atomic mass is 10.1. The zero-order chi connectivity index (χ0) is 26.6. The van der Waals surface area contributed by atoms with Gasteiger partial charge in [0.25, 0.3) is 0 Å². The number of aryl methyl sites for hydroxylation is 1. The third-order valence-corrected chi connectivity index (χ3v) is 7.47. The van der Waals surface area contributed by atoms with Gasteiger partial charge in [-0.3, -0.25) is 0 Å². The number of carboxylic acids is 1. The molecule has 4 heterocycles. The molecule has 0 aliphatic carbocycles. The van der Waals surface area contributed by atoms with Crippen LogP contribution in [0.15, 0.2) is 36.5 Å². The van der Waals surface area contributed by atoms with Crippen LogP contribution in [0.5, 0.6) is 0 Å². The van der Waals surface area contributed by atoms with Crippen LogP contribution in [0.25, 0.3) is 21.6 Å². The number of fused-ring (bicyclic) bond motifs is 1. The van der Waals surface area contributed by atoms with Crippen molar-refractivity contribution in [3.8, 4) is 11.4 Å². The third kappa shape index (κ3) is 5.45. The Morgan fingerprint density at radius 2 is 2.03 bits per heavy atom. The van der Waals surface area contributed by atoms with Gasteiger partial charge in [-0.25, -0.2) is 24.7 Å². The SMILES string of the molecule is CCc1nc(N(C)Cc2cc3nc(-c4cccc(COC)c4)nc(N4CCOCC4)c3s2)ncc1C(=O)O. The van der Waals surface area contributed by atoms with Gasteiger partial charge in [0.1, 0.15) is 0 Å². The molecular formula is C27H30N6O4S. The molecule has 10 nitrogen and oxygen atoms in total. The van der Waals surface area contributed by atoms with E-state index in [0.29, 0.717) is 50.3 Å². The molecule has 1 N–H and O–H groups in total. The van der Waals surface area contributed by atoms with Crippen molar-refractivity contribution < 1.29 is 19.4 Å². The predicted octanol–water partition coefficient (Wildman–Crippen LogP) is 4.03. The quantitative estimate of drug-likeness (QED) is 0.338. The highest BCUT2D eigenvalue weighted by Crippen LogP contribution is 2.35. The van der Waals surface area contributed by atoms with Gasteiger partial charge in [-0.2, -0.15) is 0 Å². The van der Waals surface area contributed by atoms with Crippen molar-refractivity contribution in [2.45, 2.75) is 26.5 Å². The molecule has 1 fully saturated rings. The van der Waals surface area contributed by atoms with E-state index in [0.717, 1.165) is 45.1 Å². The molecule has 1 saturated heterocycles. The molecule has 1 aliphatic heterocycles. The minimum atomic E-state index is -1.02. The van der Waals surface area contributed by atoms with Crippen molar-refractivity contribution in [3.63, 3.8) is 0 Å². The summed E-state index contributed by atoms with van der Waals surface area (Å²) in [5.41, 5.74) is 3.55. The molecule has 4 aromatic rings. The number of anilines is 2. The number of hydrogen-bond donors (Lipinski definition) is 1. The Hall–Kier alpha value is -3.67. The standard InChI is InChI=1S/C27H30N6O4S/c1-4-21-20(26(34)35)14-28-27(30-21)32(2)15-19-13-22-23(38-19)25(33-8-10-37-11-9-33)31-24(29-22)18-7-5-6-17(12-18)16-36-3/h5-7,12-14H,4,8-11,15-16H2,1-3H3,(H,34,35). The van der Waals surface area contributed by atoms with Crippen LogP contribution in [0, 0.1) is 0 Å². The second-order valence-electron chi connectivity index (χ2n) is 9.08. The monoisotopic (exact) mass is 534 g/mol. The van der Waals surface area contributed by atoms with Crippen molar-refractivity contribution in [2.75, 3.05) is 50.3 Å². The first-order valence-corrected chi connectivity index (χ1v) is 13.3. The lowest BCUT2D eigenvalue weighted by Crippen LogP contribution is -2.36. The summed E-state index contributed by atoms with van der Waals surface area (Å²) in [5, 5.41) is 9.40. The van der Waals surface area contributed by atoms with Crippen LogP contribution in [0.4, 0.5) is 11.8 Å². The summed E-state index contributed by atoms with van der Waals surface area (Å²) in [6, 6.07) is 10.2. The third-order valence-electron chi connectivity index (χ3n) is 6.37. The summed E-state index contributed by atoms with van der Waals surface area (Å²) >= 11 is 1.65. The first-order valence-electron chi connectivity index (χ1n) is 12.5. The van der Waals surface area contributed by atoms with Crippen LogP contribution >= 0.6 is 11.3 Å². The molecule has 0 unspecified atom stereocenters. The maximum absolute atomic E-state index is 11.5. The number of thiophene rings is 1. The number of hydrogen-bond acceptors (Lipinski definition) is 10. The highest BCUT2D eigenvalue weighted by atomic mass is 32.1. The van der Waals surface area contributed by atoms with Crippen molar-refractivity contribution in [1.82, 2.24) is 19.9 Å². The zero-order valence-electron chi connectivity index (χ0n) is 21.7. The topological polar surface area (TPSA) is 114 Å². The van der Waals surface area contributed by atoms with E-state index in [4.69, 9.17) is 19.4 Å². The summed E-state index contributed by atoms with van der Waals surface area (Å²) in [6.45, 7) is 5.83. The normalized spacial score (nSPS) is 13.7. The van der Waals surface area contributed by atoms with Crippen LogP contribution in [-0.2, 0) is 29.0 Å². The number of benzene rings is 1. The van der Waals surface area contributed by atoms with Crippen LogP contribution in [0.1, 0.15) is 33.4 Å². The van der Waals surface area contributed by atoms with Gasteiger partial charge in [-0.05, 0) is 24.1 Å². The minimum Gasteiger partial charge on any atom is -0.478 e. The number of ether oxygens (including phenoxy) is 2. The number of aromatic nitrogens is 4. The van der Waals surface area contributed by atoms with E-state index in [1.807, 2.05) is 37.1 Å². The van der Waals surface area contributed by atoms with Gasteiger partial charge in [0.15, 0.2) is 11.6 Å². The molecule has 0 spiro atoms. The van der Waals surface area contributed by atoms with Crippen molar-refractivity contribution in [2.24, 2.45) is 0 Å². The molecule has 3 aromatic heterocycles. The number of rotatable bonds is 9. The van der Waals surface area contributed by atoms with Crippen LogP contribution in [0.2, 0.25) is 0 Å². The average molecular weight is 535 g/mol. The molecule has 38 heavy (non-hydrogen) atoms. The fourth-order valence-corrected chi connectivity index (χ4v) is 5.64. The highest BCUT2D eigenvalue weighted by molar-refractivity contribution is 7.19. The van der Waals surface area contributed by atoms with E-state index in [2.05, 4.69) is 27.0 Å². The van der Waals surface area contributed by atoms with Gasteiger partial charge in [0.05, 0.1) is 47.8 Å². The Bertz CT molecular complexity index is 1450. The van der Waals surface area contributed by atoms with E-state index in [9.17, 15) is 9.90 Å². The highest BCUT2D eigenvalue weighted by Gasteiger charge is 2.21. The number of methoxy groups -OCH3 is 1. The minimum absolute atomic E-state index is 0.138. The first-order chi connectivity index (χ1) is 18.5.